The van der Waals surface area contributed by atoms with Gasteiger partial charge in [0.25, 0.3) is 0 Å². The van der Waals surface area contributed by atoms with Crippen LogP contribution >= 0.6 is 0 Å². The largest absolute Gasteiger partial charge is 0.497 e. The Kier molecular flexibility index (Phi) is 4.35. The molecule has 5 nitrogen and oxygen atoms in total. The number of rotatable bonds is 5. The number of ether oxygens (including phenoxy) is 4. The van der Waals surface area contributed by atoms with Crippen molar-refractivity contribution in [1.82, 2.24) is 0 Å². The average Bonchev–Trinajstić information content (AvgIpc) is 3.13. The number of esters is 1. The number of hydrogen-bond acceptors (Lipinski definition) is 5. The van der Waals surface area contributed by atoms with Gasteiger partial charge in [-0.15, -0.1) is 0 Å². The molecule has 0 aliphatic carbocycles. The molecule has 4 rings (SSSR count). The Morgan fingerprint density at radius 2 is 1.69 bits per heavy atom. The first-order valence-corrected chi connectivity index (χ1v) is 8.38. The van der Waals surface area contributed by atoms with Crippen LogP contribution in [0, 0.1) is 0 Å². The molecule has 0 bridgehead atoms. The smallest absolute Gasteiger partial charge is 0.311 e. The normalized spacial score (nSPS) is 12.2. The maximum Gasteiger partial charge on any atom is 0.311 e. The molecule has 0 fully saturated rings. The highest BCUT2D eigenvalue weighted by molar-refractivity contribution is 5.86. The Balaban J connectivity index is 1.40. The van der Waals surface area contributed by atoms with E-state index in [1.54, 1.807) is 13.2 Å². The Labute approximate surface area is 151 Å². The zero-order valence-corrected chi connectivity index (χ0v) is 14.4. The number of methoxy groups -OCH3 is 1. The summed E-state index contributed by atoms with van der Waals surface area (Å²) in [5.74, 6) is 2.48. The summed E-state index contributed by atoms with van der Waals surface area (Å²) in [6.07, 6.45) is 0.868. The van der Waals surface area contributed by atoms with Gasteiger partial charge >= 0.3 is 5.97 Å². The molecule has 0 saturated heterocycles. The van der Waals surface area contributed by atoms with Crippen LogP contribution in [-0.4, -0.2) is 19.9 Å². The number of aryl methyl sites for hydroxylation is 1. The van der Waals surface area contributed by atoms with Crippen molar-refractivity contribution in [2.45, 2.75) is 12.8 Å². The first kappa shape index (κ1) is 16.3. The van der Waals surface area contributed by atoms with Crippen LogP contribution in [0.3, 0.4) is 0 Å². The summed E-state index contributed by atoms with van der Waals surface area (Å²) in [5.41, 5.74) is 1.01. The van der Waals surface area contributed by atoms with Crippen molar-refractivity contribution in [1.29, 1.82) is 0 Å². The quantitative estimate of drug-likeness (QED) is 0.512. The second-order valence-electron chi connectivity index (χ2n) is 6.04. The van der Waals surface area contributed by atoms with Gasteiger partial charge in [-0.3, -0.25) is 4.79 Å². The molecule has 3 aromatic rings. The Morgan fingerprint density at radius 3 is 2.54 bits per heavy atom. The average molecular weight is 350 g/mol. The van der Waals surface area contributed by atoms with Crippen LogP contribution in [0.4, 0.5) is 0 Å². The summed E-state index contributed by atoms with van der Waals surface area (Å²) in [4.78, 5) is 12.2. The van der Waals surface area contributed by atoms with Gasteiger partial charge in [-0.25, -0.2) is 0 Å². The van der Waals surface area contributed by atoms with E-state index in [0.29, 0.717) is 12.2 Å². The van der Waals surface area contributed by atoms with Gasteiger partial charge in [-0.1, -0.05) is 18.2 Å². The van der Waals surface area contributed by atoms with Crippen LogP contribution in [0.1, 0.15) is 12.0 Å². The third kappa shape index (κ3) is 3.42. The highest BCUT2D eigenvalue weighted by Crippen LogP contribution is 2.33. The van der Waals surface area contributed by atoms with Gasteiger partial charge in [0.2, 0.25) is 6.79 Å². The molecule has 0 aromatic heterocycles. The minimum Gasteiger partial charge on any atom is -0.497 e. The minimum absolute atomic E-state index is 0.244. The van der Waals surface area contributed by atoms with E-state index < -0.39 is 0 Å². The molecule has 0 amide bonds. The third-order valence-electron chi connectivity index (χ3n) is 4.31. The number of benzene rings is 3. The summed E-state index contributed by atoms with van der Waals surface area (Å²) < 4.78 is 21.3. The summed E-state index contributed by atoms with van der Waals surface area (Å²) in [6, 6.07) is 17.1. The topological polar surface area (TPSA) is 54.0 Å². The van der Waals surface area contributed by atoms with Gasteiger partial charge in [0.05, 0.1) is 7.11 Å². The van der Waals surface area contributed by atoms with E-state index in [-0.39, 0.29) is 19.2 Å². The Morgan fingerprint density at radius 1 is 0.923 bits per heavy atom. The maximum atomic E-state index is 12.2. The number of carbonyl (C=O) groups is 1. The third-order valence-corrected chi connectivity index (χ3v) is 4.31. The van der Waals surface area contributed by atoms with Crippen molar-refractivity contribution in [2.75, 3.05) is 13.9 Å². The van der Waals surface area contributed by atoms with Crippen molar-refractivity contribution >= 4 is 16.7 Å². The fourth-order valence-corrected chi connectivity index (χ4v) is 2.92. The summed E-state index contributed by atoms with van der Waals surface area (Å²) in [5, 5.41) is 2.02. The molecule has 1 heterocycles. The molecule has 0 N–H and O–H groups in total. The zero-order chi connectivity index (χ0) is 17.9. The standard InChI is InChI=1S/C21H18O5/c1-23-17-6-4-15-5-7-18(12-16(15)11-17)26-21(22)9-3-14-2-8-19-20(10-14)25-13-24-19/h2,4-8,10-12H,3,9,13H2,1H3. The van der Waals surface area contributed by atoms with Crippen LogP contribution in [0.5, 0.6) is 23.0 Å². The van der Waals surface area contributed by atoms with Crippen molar-refractivity contribution in [2.24, 2.45) is 0 Å². The van der Waals surface area contributed by atoms with Crippen molar-refractivity contribution in [3.05, 3.63) is 60.2 Å². The number of hydrogen-bond donors (Lipinski definition) is 0. The van der Waals surface area contributed by atoms with Gasteiger partial charge in [-0.05, 0) is 59.2 Å². The lowest BCUT2D eigenvalue weighted by atomic mass is 10.1. The first-order valence-electron chi connectivity index (χ1n) is 8.38. The monoisotopic (exact) mass is 350 g/mol. The minimum atomic E-state index is -0.273. The summed E-state index contributed by atoms with van der Waals surface area (Å²) >= 11 is 0. The lowest BCUT2D eigenvalue weighted by molar-refractivity contribution is -0.134. The van der Waals surface area contributed by atoms with Crippen molar-refractivity contribution in [3.8, 4) is 23.0 Å². The van der Waals surface area contributed by atoms with Crippen LogP contribution in [-0.2, 0) is 11.2 Å². The highest BCUT2D eigenvalue weighted by Gasteiger charge is 2.14. The van der Waals surface area contributed by atoms with Gasteiger partial charge in [0, 0.05) is 6.42 Å². The molecular formula is C21H18O5. The van der Waals surface area contributed by atoms with Crippen LogP contribution < -0.4 is 18.9 Å². The van der Waals surface area contributed by atoms with E-state index in [1.807, 2.05) is 48.5 Å². The SMILES string of the molecule is COc1ccc2ccc(OC(=O)CCc3ccc4c(c3)OCO4)cc2c1. The summed E-state index contributed by atoms with van der Waals surface area (Å²) in [7, 11) is 1.63. The Bertz CT molecular complexity index is 964. The van der Waals surface area contributed by atoms with Crippen molar-refractivity contribution in [3.63, 3.8) is 0 Å². The predicted octanol–water partition coefficient (Wildman–Crippen LogP) is 4.12. The predicted molar refractivity (Wildman–Crippen MR) is 97.0 cm³/mol. The molecule has 132 valence electrons. The molecule has 1 aliphatic heterocycles. The first-order chi connectivity index (χ1) is 12.7. The zero-order valence-electron chi connectivity index (χ0n) is 14.4. The summed E-state index contributed by atoms with van der Waals surface area (Å²) in [6.45, 7) is 0.244. The molecular weight excluding hydrogens is 332 g/mol. The van der Waals surface area contributed by atoms with E-state index in [4.69, 9.17) is 18.9 Å². The maximum absolute atomic E-state index is 12.2. The molecule has 0 spiro atoms. The van der Waals surface area contributed by atoms with Crippen LogP contribution in [0.2, 0.25) is 0 Å². The second-order valence-corrected chi connectivity index (χ2v) is 6.04. The molecule has 0 saturated carbocycles. The molecule has 0 atom stereocenters. The van der Waals surface area contributed by atoms with Gasteiger partial charge in [0.15, 0.2) is 11.5 Å². The molecule has 1 aliphatic rings. The molecule has 5 heteroatoms. The highest BCUT2D eigenvalue weighted by atomic mass is 16.7. The van der Waals surface area contributed by atoms with E-state index >= 15 is 0 Å². The Hall–Kier alpha value is -3.21. The van der Waals surface area contributed by atoms with Gasteiger partial charge in [0.1, 0.15) is 11.5 Å². The van der Waals surface area contributed by atoms with Gasteiger partial charge < -0.3 is 18.9 Å². The van der Waals surface area contributed by atoms with Crippen LogP contribution in [0.15, 0.2) is 54.6 Å². The van der Waals surface area contributed by atoms with Gasteiger partial charge in [-0.2, -0.15) is 0 Å². The lowest BCUT2D eigenvalue weighted by Gasteiger charge is -2.07. The lowest BCUT2D eigenvalue weighted by Crippen LogP contribution is -2.09. The molecule has 0 radical (unpaired) electrons. The van der Waals surface area contributed by atoms with E-state index in [1.165, 1.54) is 0 Å². The van der Waals surface area contributed by atoms with Crippen LogP contribution in [0.25, 0.3) is 10.8 Å². The van der Waals surface area contributed by atoms with Crippen molar-refractivity contribution < 1.29 is 23.7 Å². The molecule has 26 heavy (non-hydrogen) atoms. The fraction of sp³-hybridized carbons (Fsp3) is 0.190. The van der Waals surface area contributed by atoms with E-state index in [9.17, 15) is 4.79 Å². The molecule has 0 unspecified atom stereocenters. The van der Waals surface area contributed by atoms with E-state index in [2.05, 4.69) is 0 Å². The number of fused-ring (bicyclic) bond motifs is 2. The second kappa shape index (κ2) is 6.96. The van der Waals surface area contributed by atoms with E-state index in [0.717, 1.165) is 33.6 Å². The fourth-order valence-electron chi connectivity index (χ4n) is 2.92. The molecule has 3 aromatic carbocycles. The number of carbonyl (C=O) groups excluding carboxylic acids is 1.